The zero-order valence-corrected chi connectivity index (χ0v) is 32.0. The van der Waals surface area contributed by atoms with Gasteiger partial charge in [-0.25, -0.2) is 0 Å². The number of hydrogen-bond acceptors (Lipinski definition) is 1. The maximum Gasteiger partial charge on any atom is 0.143 e. The third-order valence-electron chi connectivity index (χ3n) is 12.3. The maximum atomic E-state index is 6.50. The molecule has 0 radical (unpaired) electrons. The molecule has 1 aliphatic carbocycles. The van der Waals surface area contributed by atoms with E-state index in [0.717, 1.165) is 27.5 Å². The minimum absolute atomic E-state index is 0.132. The number of aromatic nitrogens is 1. The zero-order chi connectivity index (χ0) is 38.3. The first kappa shape index (κ1) is 32.8. The van der Waals surface area contributed by atoms with Crippen molar-refractivity contribution in [2.75, 3.05) is 0 Å². The van der Waals surface area contributed by atoms with Crippen LogP contribution >= 0.6 is 0 Å². The zero-order valence-electron chi connectivity index (χ0n) is 32.0. The van der Waals surface area contributed by atoms with Gasteiger partial charge in [0.2, 0.25) is 0 Å². The summed E-state index contributed by atoms with van der Waals surface area (Å²) in [5.74, 6) is 0.132. The molecule has 0 amide bonds. The molecule has 2 heterocycles. The topological polar surface area (TPSA) is 18.1 Å². The number of para-hydroxylation sites is 4. The van der Waals surface area contributed by atoms with E-state index in [0.29, 0.717) is 0 Å². The second-order valence-electron chi connectivity index (χ2n) is 15.7. The Kier molecular flexibility index (Phi) is 7.24. The summed E-state index contributed by atoms with van der Waals surface area (Å²) in [6.45, 7) is 2.21. The Labute approximate surface area is 336 Å². The van der Waals surface area contributed by atoms with Crippen molar-refractivity contribution < 1.29 is 4.42 Å². The lowest BCUT2D eigenvalue weighted by molar-refractivity contribution is 0.670. The minimum atomic E-state index is 0.132. The van der Waals surface area contributed by atoms with Crippen LogP contribution in [0.2, 0.25) is 0 Å². The van der Waals surface area contributed by atoms with Gasteiger partial charge in [0.15, 0.2) is 0 Å². The molecule has 0 aliphatic heterocycles. The molecule has 1 unspecified atom stereocenters. The Morgan fingerprint density at radius 3 is 1.91 bits per heavy atom. The molecule has 0 bridgehead atoms. The molecule has 2 aromatic heterocycles. The van der Waals surface area contributed by atoms with Crippen LogP contribution in [-0.2, 0) is 0 Å². The van der Waals surface area contributed by atoms with Crippen LogP contribution in [0.3, 0.4) is 0 Å². The van der Waals surface area contributed by atoms with Crippen molar-refractivity contribution in [3.63, 3.8) is 0 Å². The summed E-state index contributed by atoms with van der Waals surface area (Å²) in [7, 11) is 0. The van der Waals surface area contributed by atoms with E-state index in [2.05, 4.69) is 206 Å². The van der Waals surface area contributed by atoms with E-state index in [4.69, 9.17) is 4.42 Å². The van der Waals surface area contributed by atoms with Crippen LogP contribution in [0.5, 0.6) is 0 Å². The predicted octanol–water partition coefficient (Wildman–Crippen LogP) is 15.2. The quantitative estimate of drug-likeness (QED) is 0.172. The molecule has 58 heavy (non-hydrogen) atoms. The number of rotatable bonds is 5. The highest BCUT2D eigenvalue weighted by molar-refractivity contribution is 6.11. The summed E-state index contributed by atoms with van der Waals surface area (Å²) in [4.78, 5) is 0. The van der Waals surface area contributed by atoms with Crippen molar-refractivity contribution in [3.05, 3.63) is 222 Å². The number of benzene rings is 9. The van der Waals surface area contributed by atoms with Crippen molar-refractivity contribution in [1.29, 1.82) is 0 Å². The summed E-state index contributed by atoms with van der Waals surface area (Å²) in [5.41, 5.74) is 20.5. The summed E-state index contributed by atoms with van der Waals surface area (Å²) < 4.78 is 8.88. The lowest BCUT2D eigenvalue weighted by Crippen LogP contribution is -1.99. The van der Waals surface area contributed by atoms with E-state index in [-0.39, 0.29) is 5.92 Å². The molecular weight excluding hydrogens is 703 g/mol. The summed E-state index contributed by atoms with van der Waals surface area (Å²) in [5, 5.41) is 4.83. The number of fused-ring (bicyclic) bond motifs is 9. The molecule has 0 N–H and O–H groups in total. The Bertz CT molecular complexity index is 3400. The van der Waals surface area contributed by atoms with Crippen LogP contribution in [0.4, 0.5) is 0 Å². The van der Waals surface area contributed by atoms with Crippen molar-refractivity contribution in [2.24, 2.45) is 0 Å². The van der Waals surface area contributed by atoms with Gasteiger partial charge in [-0.3, -0.25) is 0 Å². The van der Waals surface area contributed by atoms with E-state index in [1.165, 1.54) is 88.7 Å². The number of furan rings is 1. The van der Waals surface area contributed by atoms with Gasteiger partial charge in [-0.15, -0.1) is 0 Å². The molecular formula is C56H37NO. The molecule has 272 valence electrons. The van der Waals surface area contributed by atoms with Crippen molar-refractivity contribution >= 4 is 43.7 Å². The molecule has 1 atom stereocenters. The highest BCUT2D eigenvalue weighted by atomic mass is 16.3. The molecule has 9 aromatic carbocycles. The Hall–Kier alpha value is -7.42. The fourth-order valence-electron chi connectivity index (χ4n) is 9.71. The van der Waals surface area contributed by atoms with Gasteiger partial charge in [0.25, 0.3) is 0 Å². The van der Waals surface area contributed by atoms with E-state index in [9.17, 15) is 0 Å². The van der Waals surface area contributed by atoms with E-state index < -0.39 is 0 Å². The SMILES string of the molecule is Cc1cc(-c2ccc3c(c2)-c2ccc(-c4cccc5c4oc4ccccc45)cc2C3c2ccccc2)cc(-c2ccc3c(c2)c2ccccc2n3-c2ccccc2)c1. The highest BCUT2D eigenvalue weighted by Gasteiger charge is 2.31. The van der Waals surface area contributed by atoms with Gasteiger partial charge in [-0.1, -0.05) is 146 Å². The standard InChI is InChI=1S/C56H37NO/c1-35-29-40(31-41(30-35)38-25-28-53-50(33-38)45-17-8-10-21-52(45)57(53)42-15-6-3-7-16-42)37-23-27-47-49(32-37)44-26-24-39(34-51(44)55(47)36-13-4-2-5-14-36)43-19-12-20-48-46-18-9-11-22-54(46)58-56(43)48/h2-34,55H,1H3. The normalized spacial score (nSPS) is 13.4. The first-order valence-corrected chi connectivity index (χ1v) is 20.1. The van der Waals surface area contributed by atoms with Crippen LogP contribution in [-0.4, -0.2) is 4.57 Å². The fraction of sp³-hybridized carbons (Fsp3) is 0.0357. The molecule has 0 saturated carbocycles. The van der Waals surface area contributed by atoms with Crippen LogP contribution in [0.15, 0.2) is 205 Å². The third kappa shape index (κ3) is 5.05. The van der Waals surface area contributed by atoms with E-state index in [1.54, 1.807) is 0 Å². The molecule has 0 spiro atoms. The maximum absolute atomic E-state index is 6.50. The Balaban J connectivity index is 0.977. The second-order valence-corrected chi connectivity index (χ2v) is 15.7. The predicted molar refractivity (Wildman–Crippen MR) is 242 cm³/mol. The van der Waals surface area contributed by atoms with Gasteiger partial charge in [-0.05, 0) is 123 Å². The average molecular weight is 740 g/mol. The minimum Gasteiger partial charge on any atom is -0.455 e. The fourth-order valence-corrected chi connectivity index (χ4v) is 9.71. The van der Waals surface area contributed by atoms with Crippen LogP contribution in [0.25, 0.3) is 93.9 Å². The largest absolute Gasteiger partial charge is 0.455 e. The first-order chi connectivity index (χ1) is 28.7. The van der Waals surface area contributed by atoms with Gasteiger partial charge in [0, 0.05) is 38.7 Å². The highest BCUT2D eigenvalue weighted by Crippen LogP contribution is 2.51. The van der Waals surface area contributed by atoms with Gasteiger partial charge in [-0.2, -0.15) is 0 Å². The van der Waals surface area contributed by atoms with Crippen molar-refractivity contribution in [1.82, 2.24) is 4.57 Å². The molecule has 1 aliphatic rings. The summed E-state index contributed by atoms with van der Waals surface area (Å²) in [6.07, 6.45) is 0. The molecule has 2 heteroatoms. The monoisotopic (exact) mass is 739 g/mol. The van der Waals surface area contributed by atoms with Crippen LogP contribution < -0.4 is 0 Å². The lowest BCUT2D eigenvalue weighted by atomic mass is 9.87. The van der Waals surface area contributed by atoms with Crippen molar-refractivity contribution in [2.45, 2.75) is 12.8 Å². The Morgan fingerprint density at radius 2 is 1.07 bits per heavy atom. The van der Waals surface area contributed by atoms with E-state index in [1.807, 2.05) is 6.07 Å². The smallest absolute Gasteiger partial charge is 0.143 e. The Morgan fingerprint density at radius 1 is 0.397 bits per heavy atom. The van der Waals surface area contributed by atoms with Crippen LogP contribution in [0, 0.1) is 6.92 Å². The molecule has 12 rings (SSSR count). The average Bonchev–Trinajstić information content (AvgIpc) is 3.94. The van der Waals surface area contributed by atoms with Gasteiger partial charge >= 0.3 is 0 Å². The number of nitrogens with zero attached hydrogens (tertiary/aromatic N) is 1. The van der Waals surface area contributed by atoms with Gasteiger partial charge in [0.05, 0.1) is 11.0 Å². The summed E-state index contributed by atoms with van der Waals surface area (Å²) >= 11 is 0. The molecule has 11 aromatic rings. The number of hydrogen-bond donors (Lipinski definition) is 0. The second kappa shape index (κ2) is 12.8. The number of aryl methyl sites for hydroxylation is 1. The van der Waals surface area contributed by atoms with Gasteiger partial charge in [0.1, 0.15) is 11.2 Å². The first-order valence-electron chi connectivity index (χ1n) is 20.1. The molecule has 2 nitrogen and oxygen atoms in total. The summed E-state index contributed by atoms with van der Waals surface area (Å²) in [6, 6.07) is 73.3. The van der Waals surface area contributed by atoms with Crippen LogP contribution in [0.1, 0.15) is 28.2 Å². The van der Waals surface area contributed by atoms with E-state index >= 15 is 0 Å². The van der Waals surface area contributed by atoms with Gasteiger partial charge < -0.3 is 8.98 Å². The molecule has 0 saturated heterocycles. The van der Waals surface area contributed by atoms with Crippen molar-refractivity contribution in [3.8, 4) is 50.2 Å². The molecule has 0 fully saturated rings. The lowest BCUT2D eigenvalue weighted by Gasteiger charge is -2.16. The third-order valence-corrected chi connectivity index (χ3v) is 12.3.